The molecule has 2 aliphatic rings. The van der Waals surface area contributed by atoms with Crippen LogP contribution in [0.2, 0.25) is 0 Å². The summed E-state index contributed by atoms with van der Waals surface area (Å²) < 4.78 is 0. The number of likely N-dealkylation sites (tertiary alicyclic amines) is 1. The Bertz CT molecular complexity index is 205. The lowest BCUT2D eigenvalue weighted by molar-refractivity contribution is 0.0434. The minimum atomic E-state index is 0.793. The summed E-state index contributed by atoms with van der Waals surface area (Å²) in [6.45, 7) is 11.0. The highest BCUT2D eigenvalue weighted by molar-refractivity contribution is 4.89. The van der Waals surface area contributed by atoms with Gasteiger partial charge in [0, 0.05) is 18.6 Å². The van der Waals surface area contributed by atoms with Crippen LogP contribution in [0.15, 0.2) is 0 Å². The average molecular weight is 210 g/mol. The van der Waals surface area contributed by atoms with Crippen LogP contribution in [0.3, 0.4) is 0 Å². The second-order valence-corrected chi connectivity index (χ2v) is 5.75. The Balaban J connectivity index is 1.96. The maximum atomic E-state index is 3.55. The zero-order chi connectivity index (χ0) is 10.8. The Labute approximate surface area is 94.4 Å². The average Bonchev–Trinajstić information content (AvgIpc) is 2.20. The molecule has 1 N–H and O–H groups in total. The molecule has 0 amide bonds. The van der Waals surface area contributed by atoms with Crippen molar-refractivity contribution in [3.8, 4) is 0 Å². The van der Waals surface area contributed by atoms with E-state index in [2.05, 4.69) is 31.0 Å². The number of rotatable bonds is 1. The van der Waals surface area contributed by atoms with E-state index in [0.717, 1.165) is 23.9 Å². The van der Waals surface area contributed by atoms with Crippen LogP contribution in [0.4, 0.5) is 0 Å². The molecule has 2 nitrogen and oxygen atoms in total. The molecule has 0 aliphatic carbocycles. The van der Waals surface area contributed by atoms with E-state index in [-0.39, 0.29) is 0 Å². The van der Waals surface area contributed by atoms with E-state index in [4.69, 9.17) is 0 Å². The molecule has 0 aromatic heterocycles. The largest absolute Gasteiger partial charge is 0.315 e. The van der Waals surface area contributed by atoms with Gasteiger partial charge in [0.1, 0.15) is 0 Å². The molecular formula is C13H26N2. The van der Waals surface area contributed by atoms with Crippen LogP contribution in [0.1, 0.15) is 40.0 Å². The van der Waals surface area contributed by atoms with E-state index in [1.807, 2.05) is 0 Å². The van der Waals surface area contributed by atoms with Gasteiger partial charge in [0.15, 0.2) is 0 Å². The lowest BCUT2D eigenvalue weighted by Crippen LogP contribution is -2.55. The van der Waals surface area contributed by atoms with E-state index >= 15 is 0 Å². The van der Waals surface area contributed by atoms with E-state index in [1.165, 1.54) is 38.9 Å². The smallest absolute Gasteiger partial charge is 0.0249 e. The Kier molecular flexibility index (Phi) is 3.68. The molecule has 0 spiro atoms. The van der Waals surface area contributed by atoms with Crippen molar-refractivity contribution in [3.05, 3.63) is 0 Å². The molecule has 15 heavy (non-hydrogen) atoms. The minimum Gasteiger partial charge on any atom is -0.315 e. The summed E-state index contributed by atoms with van der Waals surface area (Å²) in [6.07, 6.45) is 4.14. The van der Waals surface area contributed by atoms with Crippen molar-refractivity contribution in [1.82, 2.24) is 10.2 Å². The molecule has 4 atom stereocenters. The standard InChI is InChI=1S/C13H26N2/c1-10-5-7-15(12(3)8-10)13-9-14-6-4-11(13)2/h10-14H,4-9H2,1-3H3. The normalized spacial score (nSPS) is 44.2. The highest BCUT2D eigenvalue weighted by atomic mass is 15.2. The highest BCUT2D eigenvalue weighted by Gasteiger charge is 2.32. The van der Waals surface area contributed by atoms with Crippen LogP contribution in [-0.4, -0.2) is 36.6 Å². The molecule has 88 valence electrons. The first-order valence-corrected chi connectivity index (χ1v) is 6.65. The third kappa shape index (κ3) is 2.54. The molecule has 0 radical (unpaired) electrons. The Morgan fingerprint density at radius 1 is 1.13 bits per heavy atom. The molecule has 2 saturated heterocycles. The SMILES string of the molecule is CC1CCN(C2CNCCC2C)C(C)C1. The predicted molar refractivity (Wildman–Crippen MR) is 65.0 cm³/mol. The first kappa shape index (κ1) is 11.4. The van der Waals surface area contributed by atoms with Crippen molar-refractivity contribution in [3.63, 3.8) is 0 Å². The number of nitrogens with one attached hydrogen (secondary N) is 1. The Morgan fingerprint density at radius 2 is 1.93 bits per heavy atom. The molecule has 0 aromatic rings. The van der Waals surface area contributed by atoms with Crippen molar-refractivity contribution in [2.45, 2.75) is 52.1 Å². The van der Waals surface area contributed by atoms with Gasteiger partial charge in [0.05, 0.1) is 0 Å². The van der Waals surface area contributed by atoms with Crippen molar-refractivity contribution in [2.24, 2.45) is 11.8 Å². The fourth-order valence-electron chi connectivity index (χ4n) is 3.34. The molecule has 2 fully saturated rings. The lowest BCUT2D eigenvalue weighted by atomic mass is 9.87. The molecule has 2 heterocycles. The number of piperidine rings is 2. The second-order valence-electron chi connectivity index (χ2n) is 5.75. The topological polar surface area (TPSA) is 15.3 Å². The third-order valence-electron chi connectivity index (χ3n) is 4.40. The second kappa shape index (κ2) is 4.84. The summed E-state index contributed by atoms with van der Waals surface area (Å²) in [7, 11) is 0. The fourth-order valence-corrected chi connectivity index (χ4v) is 3.34. The summed E-state index contributed by atoms with van der Waals surface area (Å²) in [5.41, 5.74) is 0. The Hall–Kier alpha value is -0.0800. The van der Waals surface area contributed by atoms with Gasteiger partial charge in [-0.15, -0.1) is 0 Å². The maximum Gasteiger partial charge on any atom is 0.0249 e. The molecule has 2 rings (SSSR count). The van der Waals surface area contributed by atoms with Crippen LogP contribution in [0.5, 0.6) is 0 Å². The van der Waals surface area contributed by atoms with Crippen molar-refractivity contribution in [1.29, 1.82) is 0 Å². The van der Waals surface area contributed by atoms with Gasteiger partial charge in [-0.1, -0.05) is 13.8 Å². The van der Waals surface area contributed by atoms with Gasteiger partial charge in [-0.2, -0.15) is 0 Å². The van der Waals surface area contributed by atoms with Crippen molar-refractivity contribution in [2.75, 3.05) is 19.6 Å². The summed E-state index contributed by atoms with van der Waals surface area (Å²) in [5, 5.41) is 3.55. The van der Waals surface area contributed by atoms with Crippen LogP contribution in [0.25, 0.3) is 0 Å². The molecule has 4 unspecified atom stereocenters. The van der Waals surface area contributed by atoms with Crippen molar-refractivity contribution < 1.29 is 0 Å². The molecule has 0 saturated carbocycles. The molecule has 2 heteroatoms. The van der Waals surface area contributed by atoms with Crippen LogP contribution >= 0.6 is 0 Å². The zero-order valence-electron chi connectivity index (χ0n) is 10.5. The third-order valence-corrected chi connectivity index (χ3v) is 4.40. The highest BCUT2D eigenvalue weighted by Crippen LogP contribution is 2.28. The van der Waals surface area contributed by atoms with E-state index < -0.39 is 0 Å². The maximum absolute atomic E-state index is 3.55. The number of hydrogen-bond donors (Lipinski definition) is 1. The lowest BCUT2D eigenvalue weighted by Gasteiger charge is -2.46. The summed E-state index contributed by atoms with van der Waals surface area (Å²) >= 11 is 0. The molecule has 2 aliphatic heterocycles. The van der Waals surface area contributed by atoms with Crippen LogP contribution < -0.4 is 5.32 Å². The quantitative estimate of drug-likeness (QED) is 0.713. The summed E-state index contributed by atoms with van der Waals surface area (Å²) in [4.78, 5) is 2.76. The first-order valence-electron chi connectivity index (χ1n) is 6.65. The fraction of sp³-hybridized carbons (Fsp3) is 1.00. The molecule has 0 bridgehead atoms. The predicted octanol–water partition coefficient (Wildman–Crippen LogP) is 2.10. The van der Waals surface area contributed by atoms with Gasteiger partial charge in [-0.25, -0.2) is 0 Å². The van der Waals surface area contributed by atoms with Gasteiger partial charge in [0.25, 0.3) is 0 Å². The number of hydrogen-bond acceptors (Lipinski definition) is 2. The van der Waals surface area contributed by atoms with Gasteiger partial charge in [-0.3, -0.25) is 4.90 Å². The first-order chi connectivity index (χ1) is 7.18. The Morgan fingerprint density at radius 3 is 2.60 bits per heavy atom. The summed E-state index contributed by atoms with van der Waals surface area (Å²) in [5.74, 6) is 1.81. The zero-order valence-corrected chi connectivity index (χ0v) is 10.5. The van der Waals surface area contributed by atoms with Crippen LogP contribution in [-0.2, 0) is 0 Å². The van der Waals surface area contributed by atoms with Gasteiger partial charge in [-0.05, 0) is 51.1 Å². The monoisotopic (exact) mass is 210 g/mol. The minimum absolute atomic E-state index is 0.793. The van der Waals surface area contributed by atoms with Gasteiger partial charge in [0.2, 0.25) is 0 Å². The molecule has 0 aromatic carbocycles. The van der Waals surface area contributed by atoms with Gasteiger partial charge < -0.3 is 5.32 Å². The summed E-state index contributed by atoms with van der Waals surface area (Å²) in [6, 6.07) is 1.59. The van der Waals surface area contributed by atoms with E-state index in [1.54, 1.807) is 0 Å². The number of nitrogens with zero attached hydrogens (tertiary/aromatic N) is 1. The van der Waals surface area contributed by atoms with E-state index in [0.29, 0.717) is 0 Å². The van der Waals surface area contributed by atoms with Crippen molar-refractivity contribution >= 4 is 0 Å². The van der Waals surface area contributed by atoms with Crippen LogP contribution in [0, 0.1) is 11.8 Å². The molecular weight excluding hydrogens is 184 g/mol. The van der Waals surface area contributed by atoms with Gasteiger partial charge >= 0.3 is 0 Å². The van der Waals surface area contributed by atoms with E-state index in [9.17, 15) is 0 Å².